The minimum atomic E-state index is -1.15. The van der Waals surface area contributed by atoms with Gasteiger partial charge in [-0.2, -0.15) is 0 Å². The summed E-state index contributed by atoms with van der Waals surface area (Å²) in [7, 11) is -1.15. The van der Waals surface area contributed by atoms with Gasteiger partial charge in [-0.05, 0) is 50.3 Å². The first-order chi connectivity index (χ1) is 11.4. The summed E-state index contributed by atoms with van der Waals surface area (Å²) in [5, 5.41) is 9.28. The van der Waals surface area contributed by atoms with Crippen LogP contribution >= 0.6 is 0 Å². The molecule has 0 amide bonds. The Morgan fingerprint density at radius 3 is 2.17 bits per heavy atom. The van der Waals surface area contributed by atoms with Crippen molar-refractivity contribution in [1.82, 2.24) is 4.72 Å². The number of aliphatic hydroxyl groups is 1. The Bertz CT molecular complexity index is 665. The summed E-state index contributed by atoms with van der Waals surface area (Å²) in [6.45, 7) is 6.04. The van der Waals surface area contributed by atoms with Crippen LogP contribution in [0.4, 0.5) is 0 Å². The van der Waals surface area contributed by atoms with Crippen LogP contribution < -0.4 is 4.72 Å². The van der Waals surface area contributed by atoms with Crippen molar-refractivity contribution in [2.24, 2.45) is 0 Å². The minimum Gasteiger partial charge on any atom is -0.396 e. The van der Waals surface area contributed by atoms with Crippen LogP contribution in [0.1, 0.15) is 43.5 Å². The molecular weight excluding hydrogens is 318 g/mol. The Kier molecular flexibility index (Phi) is 6.72. The van der Waals surface area contributed by atoms with Crippen molar-refractivity contribution in [3.8, 4) is 0 Å². The highest BCUT2D eigenvalue weighted by Gasteiger charge is 2.24. The lowest BCUT2D eigenvalue weighted by Gasteiger charge is -2.25. The van der Waals surface area contributed by atoms with Crippen LogP contribution in [0.2, 0.25) is 0 Å². The van der Waals surface area contributed by atoms with Crippen molar-refractivity contribution >= 4 is 11.0 Å². The molecule has 0 spiro atoms. The van der Waals surface area contributed by atoms with Crippen molar-refractivity contribution < 1.29 is 9.32 Å². The standard InChI is InChI=1S/C20H27NO2S/c1-20(2,3)24(23)21-19(17-10-5-4-6-11-17)15-18-12-8-7-9-16(18)13-14-22/h4-12,19,21-22H,13-15H2,1-3H3/t19-,24-/m0/s1. The molecule has 0 fully saturated rings. The summed E-state index contributed by atoms with van der Waals surface area (Å²) in [5.41, 5.74) is 3.44. The van der Waals surface area contributed by atoms with Crippen LogP contribution in [0.25, 0.3) is 0 Å². The van der Waals surface area contributed by atoms with E-state index in [4.69, 9.17) is 0 Å². The maximum Gasteiger partial charge on any atom is 0.0976 e. The van der Waals surface area contributed by atoms with E-state index in [0.29, 0.717) is 6.42 Å². The van der Waals surface area contributed by atoms with Gasteiger partial charge in [-0.15, -0.1) is 0 Å². The Labute approximate surface area is 147 Å². The van der Waals surface area contributed by atoms with E-state index < -0.39 is 11.0 Å². The molecule has 0 radical (unpaired) electrons. The van der Waals surface area contributed by atoms with E-state index in [2.05, 4.69) is 22.9 Å². The third-order valence-electron chi connectivity index (χ3n) is 3.93. The number of benzene rings is 2. The van der Waals surface area contributed by atoms with E-state index in [0.717, 1.165) is 17.5 Å². The number of rotatable bonds is 7. The van der Waals surface area contributed by atoms with Gasteiger partial charge in [0.2, 0.25) is 0 Å². The molecule has 0 aliphatic rings. The zero-order chi connectivity index (χ0) is 17.6. The molecule has 2 rings (SSSR count). The molecule has 24 heavy (non-hydrogen) atoms. The van der Waals surface area contributed by atoms with Crippen LogP contribution in [-0.4, -0.2) is 20.7 Å². The first-order valence-corrected chi connectivity index (χ1v) is 9.47. The van der Waals surface area contributed by atoms with Gasteiger partial charge in [-0.1, -0.05) is 54.6 Å². The average molecular weight is 346 g/mol. The highest BCUT2D eigenvalue weighted by atomic mass is 32.2. The molecule has 0 saturated carbocycles. The van der Waals surface area contributed by atoms with Crippen LogP contribution in [0, 0.1) is 0 Å². The molecular formula is C20H27NO2S. The summed E-state index contributed by atoms with van der Waals surface area (Å²) in [4.78, 5) is 0. The molecule has 0 saturated heterocycles. The van der Waals surface area contributed by atoms with E-state index in [1.165, 1.54) is 5.56 Å². The summed E-state index contributed by atoms with van der Waals surface area (Å²) >= 11 is 0. The molecule has 0 aliphatic carbocycles. The summed E-state index contributed by atoms with van der Waals surface area (Å²) in [6.07, 6.45) is 1.38. The first kappa shape index (κ1) is 18.8. The van der Waals surface area contributed by atoms with E-state index in [-0.39, 0.29) is 17.4 Å². The van der Waals surface area contributed by atoms with Gasteiger partial charge < -0.3 is 5.11 Å². The topological polar surface area (TPSA) is 49.3 Å². The second-order valence-electron chi connectivity index (χ2n) is 6.91. The van der Waals surface area contributed by atoms with E-state index >= 15 is 0 Å². The van der Waals surface area contributed by atoms with Crippen LogP contribution in [0.15, 0.2) is 54.6 Å². The lowest BCUT2D eigenvalue weighted by atomic mass is 9.95. The Morgan fingerprint density at radius 2 is 1.58 bits per heavy atom. The molecule has 0 aliphatic heterocycles. The van der Waals surface area contributed by atoms with Gasteiger partial charge in [-0.3, -0.25) is 0 Å². The van der Waals surface area contributed by atoms with Crippen molar-refractivity contribution in [3.63, 3.8) is 0 Å². The van der Waals surface area contributed by atoms with Crippen molar-refractivity contribution in [3.05, 3.63) is 71.3 Å². The molecule has 0 unspecified atom stereocenters. The molecule has 2 aromatic carbocycles. The van der Waals surface area contributed by atoms with Gasteiger partial charge in [0.1, 0.15) is 0 Å². The average Bonchev–Trinajstić information content (AvgIpc) is 2.56. The Hall–Kier alpha value is -1.49. The minimum absolute atomic E-state index is 0.0360. The first-order valence-electron chi connectivity index (χ1n) is 8.32. The van der Waals surface area contributed by atoms with Gasteiger partial charge in [0.25, 0.3) is 0 Å². The third-order valence-corrected chi connectivity index (χ3v) is 5.54. The quantitative estimate of drug-likeness (QED) is 0.806. The molecule has 2 N–H and O–H groups in total. The van der Waals surface area contributed by atoms with E-state index in [9.17, 15) is 9.32 Å². The second-order valence-corrected chi connectivity index (χ2v) is 8.91. The zero-order valence-electron chi connectivity index (χ0n) is 14.7. The number of hydrogen-bond acceptors (Lipinski definition) is 2. The lowest BCUT2D eigenvalue weighted by Crippen LogP contribution is -2.36. The highest BCUT2D eigenvalue weighted by Crippen LogP contribution is 2.23. The fraction of sp³-hybridized carbons (Fsp3) is 0.400. The molecule has 0 bridgehead atoms. The maximum absolute atomic E-state index is 12.6. The van der Waals surface area contributed by atoms with Crippen LogP contribution in [0.5, 0.6) is 0 Å². The normalized spacial score (nSPS) is 14.3. The smallest absolute Gasteiger partial charge is 0.0976 e. The van der Waals surface area contributed by atoms with Crippen molar-refractivity contribution in [2.45, 2.75) is 44.4 Å². The molecule has 0 heterocycles. The number of nitrogens with one attached hydrogen (secondary N) is 1. The summed E-state index contributed by atoms with van der Waals surface area (Å²) in [6, 6.07) is 18.2. The highest BCUT2D eigenvalue weighted by molar-refractivity contribution is 7.84. The van der Waals surface area contributed by atoms with Gasteiger partial charge in [-0.25, -0.2) is 8.93 Å². The van der Waals surface area contributed by atoms with Gasteiger partial charge in [0.05, 0.1) is 15.7 Å². The number of aliphatic hydroxyl groups excluding tert-OH is 1. The van der Waals surface area contributed by atoms with Crippen molar-refractivity contribution in [2.75, 3.05) is 6.61 Å². The SMILES string of the molecule is CC(C)(C)[S@](=O)N[C@@H](Cc1ccccc1CCO)c1ccccc1. The monoisotopic (exact) mass is 345 g/mol. The van der Waals surface area contributed by atoms with Gasteiger partial charge in [0.15, 0.2) is 0 Å². The van der Waals surface area contributed by atoms with Crippen LogP contribution in [-0.2, 0) is 23.8 Å². The van der Waals surface area contributed by atoms with Gasteiger partial charge in [0, 0.05) is 12.6 Å². The largest absolute Gasteiger partial charge is 0.396 e. The fourth-order valence-electron chi connectivity index (χ4n) is 2.56. The van der Waals surface area contributed by atoms with E-state index in [1.54, 1.807) is 0 Å². The zero-order valence-corrected chi connectivity index (χ0v) is 15.5. The van der Waals surface area contributed by atoms with Crippen molar-refractivity contribution in [1.29, 1.82) is 0 Å². The second kappa shape index (κ2) is 8.56. The molecule has 2 atom stereocenters. The molecule has 0 aromatic heterocycles. The maximum atomic E-state index is 12.6. The van der Waals surface area contributed by atoms with E-state index in [1.807, 2.05) is 57.2 Å². The molecule has 4 heteroatoms. The molecule has 2 aromatic rings. The fourth-order valence-corrected chi connectivity index (χ4v) is 3.39. The Morgan fingerprint density at radius 1 is 1.00 bits per heavy atom. The lowest BCUT2D eigenvalue weighted by molar-refractivity contribution is 0.299. The van der Waals surface area contributed by atoms with Crippen LogP contribution in [0.3, 0.4) is 0 Å². The Balaban J connectivity index is 2.29. The predicted molar refractivity (Wildman–Crippen MR) is 101 cm³/mol. The molecule has 130 valence electrons. The number of hydrogen-bond donors (Lipinski definition) is 2. The van der Waals surface area contributed by atoms with Gasteiger partial charge >= 0.3 is 0 Å². The third kappa shape index (κ3) is 5.26. The summed E-state index contributed by atoms with van der Waals surface area (Å²) in [5.74, 6) is 0. The molecule has 3 nitrogen and oxygen atoms in total. The predicted octanol–water partition coefficient (Wildman–Crippen LogP) is 3.56. The summed E-state index contributed by atoms with van der Waals surface area (Å²) < 4.78 is 15.6.